The summed E-state index contributed by atoms with van der Waals surface area (Å²) in [6.07, 6.45) is -4.81. The van der Waals surface area contributed by atoms with Gasteiger partial charge in [-0.3, -0.25) is 10.1 Å². The maximum absolute atomic E-state index is 12.9. The minimum atomic E-state index is -4.81. The number of halogens is 3. The summed E-state index contributed by atoms with van der Waals surface area (Å²) in [4.78, 5) is 11.1. The lowest BCUT2D eigenvalue weighted by atomic mass is 10.1. The number of anilines is 1. The monoisotopic (exact) mass is 292 g/mol. The van der Waals surface area contributed by atoms with Crippen LogP contribution in [0.15, 0.2) is 18.2 Å². The molecule has 0 amide bonds. The highest BCUT2D eigenvalue weighted by Gasteiger charge is 2.38. The summed E-state index contributed by atoms with van der Waals surface area (Å²) in [7, 11) is 0. The van der Waals surface area contributed by atoms with Crippen molar-refractivity contribution in [2.45, 2.75) is 26.1 Å². The molecule has 0 fully saturated rings. The van der Waals surface area contributed by atoms with Gasteiger partial charge in [0.1, 0.15) is 5.56 Å². The molecule has 112 valence electrons. The lowest BCUT2D eigenvalue weighted by molar-refractivity contribution is -0.388. The minimum absolute atomic E-state index is 0.146. The largest absolute Gasteiger partial charge is 0.423 e. The van der Waals surface area contributed by atoms with Crippen LogP contribution in [-0.2, 0) is 6.18 Å². The Balaban J connectivity index is 3.34. The molecule has 0 aromatic heterocycles. The van der Waals surface area contributed by atoms with Crippen LogP contribution in [0.25, 0.3) is 0 Å². The second-order valence-corrected chi connectivity index (χ2v) is 4.47. The highest BCUT2D eigenvalue weighted by molar-refractivity contribution is 5.57. The van der Waals surface area contributed by atoms with Gasteiger partial charge >= 0.3 is 6.18 Å². The van der Waals surface area contributed by atoms with E-state index in [1.165, 1.54) is 6.07 Å². The van der Waals surface area contributed by atoms with Crippen molar-refractivity contribution in [1.29, 1.82) is 0 Å². The fourth-order valence-electron chi connectivity index (χ4n) is 1.88. The van der Waals surface area contributed by atoms with Gasteiger partial charge in [0.2, 0.25) is 0 Å². The first kappa shape index (κ1) is 16.2. The molecule has 0 aliphatic rings. The van der Waals surface area contributed by atoms with Gasteiger partial charge in [-0.15, -0.1) is 0 Å². The third kappa shape index (κ3) is 3.60. The SMILES string of the molecule is CC(C)N(CCO)c1ccc([N+](=O)[O-])c(C(F)(F)F)c1. The zero-order chi connectivity index (χ0) is 15.5. The summed E-state index contributed by atoms with van der Waals surface area (Å²) < 4.78 is 38.6. The summed E-state index contributed by atoms with van der Waals surface area (Å²) in [6.45, 7) is 3.43. The van der Waals surface area contributed by atoms with Crippen LogP contribution in [0, 0.1) is 10.1 Å². The maximum Gasteiger partial charge on any atom is 0.423 e. The number of hydrogen-bond acceptors (Lipinski definition) is 4. The summed E-state index contributed by atoms with van der Waals surface area (Å²) in [5.41, 5.74) is -2.08. The molecule has 0 saturated carbocycles. The zero-order valence-electron chi connectivity index (χ0n) is 11.0. The fourth-order valence-corrected chi connectivity index (χ4v) is 1.88. The Morgan fingerprint density at radius 3 is 2.40 bits per heavy atom. The topological polar surface area (TPSA) is 66.6 Å². The summed E-state index contributed by atoms with van der Waals surface area (Å²) in [5.74, 6) is 0. The molecule has 1 aromatic rings. The van der Waals surface area contributed by atoms with Crippen LogP contribution in [0.1, 0.15) is 19.4 Å². The molecule has 0 saturated heterocycles. The molecule has 1 aromatic carbocycles. The minimum Gasteiger partial charge on any atom is -0.395 e. The number of alkyl halides is 3. The van der Waals surface area contributed by atoms with Gasteiger partial charge < -0.3 is 10.0 Å². The normalized spacial score (nSPS) is 11.8. The molecule has 0 unspecified atom stereocenters. The Hall–Kier alpha value is -1.83. The molecule has 0 spiro atoms. The summed E-state index contributed by atoms with van der Waals surface area (Å²) in [5, 5.41) is 19.6. The van der Waals surface area contributed by atoms with Gasteiger partial charge in [0.05, 0.1) is 11.5 Å². The van der Waals surface area contributed by atoms with E-state index in [4.69, 9.17) is 5.11 Å². The van der Waals surface area contributed by atoms with Crippen LogP contribution in [0.3, 0.4) is 0 Å². The van der Waals surface area contributed by atoms with E-state index in [-0.39, 0.29) is 24.9 Å². The van der Waals surface area contributed by atoms with Gasteiger partial charge in [0, 0.05) is 24.3 Å². The zero-order valence-corrected chi connectivity index (χ0v) is 11.0. The van der Waals surface area contributed by atoms with Gasteiger partial charge in [-0.25, -0.2) is 0 Å². The van der Waals surface area contributed by atoms with E-state index in [2.05, 4.69) is 0 Å². The third-order valence-electron chi connectivity index (χ3n) is 2.78. The van der Waals surface area contributed by atoms with Crippen LogP contribution in [-0.4, -0.2) is 29.2 Å². The molecule has 5 nitrogen and oxygen atoms in total. The van der Waals surface area contributed by atoms with E-state index in [1.54, 1.807) is 18.7 Å². The maximum atomic E-state index is 12.9. The quantitative estimate of drug-likeness (QED) is 0.669. The summed E-state index contributed by atoms with van der Waals surface area (Å²) in [6, 6.07) is 2.69. The van der Waals surface area contributed by atoms with Crippen molar-refractivity contribution in [2.24, 2.45) is 0 Å². The summed E-state index contributed by atoms with van der Waals surface area (Å²) >= 11 is 0. The lowest BCUT2D eigenvalue weighted by Crippen LogP contribution is -2.33. The average molecular weight is 292 g/mol. The number of nitrogens with zero attached hydrogens (tertiary/aromatic N) is 2. The number of hydrogen-bond donors (Lipinski definition) is 1. The molecule has 0 atom stereocenters. The van der Waals surface area contributed by atoms with Crippen molar-refractivity contribution in [1.82, 2.24) is 0 Å². The molecular weight excluding hydrogens is 277 g/mol. The van der Waals surface area contributed by atoms with E-state index >= 15 is 0 Å². The van der Waals surface area contributed by atoms with Crippen LogP contribution in [0.5, 0.6) is 0 Å². The molecule has 20 heavy (non-hydrogen) atoms. The molecule has 0 aliphatic carbocycles. The van der Waals surface area contributed by atoms with E-state index in [1.807, 2.05) is 0 Å². The molecular formula is C12H15F3N2O3. The lowest BCUT2D eigenvalue weighted by Gasteiger charge is -2.28. The second-order valence-electron chi connectivity index (χ2n) is 4.47. The highest BCUT2D eigenvalue weighted by Crippen LogP contribution is 2.38. The third-order valence-corrected chi connectivity index (χ3v) is 2.78. The predicted molar refractivity (Wildman–Crippen MR) is 67.7 cm³/mol. The van der Waals surface area contributed by atoms with Crippen molar-refractivity contribution in [3.63, 3.8) is 0 Å². The van der Waals surface area contributed by atoms with Crippen molar-refractivity contribution in [3.8, 4) is 0 Å². The van der Waals surface area contributed by atoms with Gasteiger partial charge in [0.15, 0.2) is 0 Å². The number of rotatable bonds is 5. The van der Waals surface area contributed by atoms with Crippen molar-refractivity contribution in [2.75, 3.05) is 18.1 Å². The molecule has 0 bridgehead atoms. The molecule has 0 heterocycles. The van der Waals surface area contributed by atoms with Gasteiger partial charge in [-0.2, -0.15) is 13.2 Å². The van der Waals surface area contributed by atoms with Gasteiger partial charge in [-0.1, -0.05) is 0 Å². The van der Waals surface area contributed by atoms with Crippen LogP contribution in [0.4, 0.5) is 24.5 Å². The Bertz CT molecular complexity index is 489. The van der Waals surface area contributed by atoms with E-state index in [0.29, 0.717) is 0 Å². The van der Waals surface area contributed by atoms with Gasteiger partial charge in [-0.05, 0) is 26.0 Å². The Kier molecular flexibility index (Phi) is 4.93. The molecule has 0 aliphatic heterocycles. The number of benzene rings is 1. The number of nitro benzene ring substituents is 1. The Labute approximate surface area is 113 Å². The van der Waals surface area contributed by atoms with Gasteiger partial charge in [0.25, 0.3) is 5.69 Å². The Morgan fingerprint density at radius 2 is 2.00 bits per heavy atom. The van der Waals surface area contributed by atoms with E-state index in [9.17, 15) is 23.3 Å². The Morgan fingerprint density at radius 1 is 1.40 bits per heavy atom. The van der Waals surface area contributed by atoms with Crippen molar-refractivity contribution < 1.29 is 23.2 Å². The fraction of sp³-hybridized carbons (Fsp3) is 0.500. The average Bonchev–Trinajstić information content (AvgIpc) is 2.33. The van der Waals surface area contributed by atoms with Crippen molar-refractivity contribution >= 4 is 11.4 Å². The van der Waals surface area contributed by atoms with E-state index in [0.717, 1.165) is 12.1 Å². The van der Waals surface area contributed by atoms with Crippen LogP contribution < -0.4 is 4.90 Å². The smallest absolute Gasteiger partial charge is 0.395 e. The van der Waals surface area contributed by atoms with E-state index < -0.39 is 22.4 Å². The second kappa shape index (κ2) is 6.08. The first-order chi connectivity index (χ1) is 9.18. The van der Waals surface area contributed by atoms with Crippen LogP contribution >= 0.6 is 0 Å². The highest BCUT2D eigenvalue weighted by atomic mass is 19.4. The number of nitro groups is 1. The standard InChI is InChI=1S/C12H15F3N2O3/c1-8(2)16(5-6-18)9-3-4-11(17(19)20)10(7-9)12(13,14)15/h3-4,7-8,18H,5-6H2,1-2H3. The first-order valence-electron chi connectivity index (χ1n) is 5.91. The van der Waals surface area contributed by atoms with Crippen LogP contribution in [0.2, 0.25) is 0 Å². The molecule has 1 N–H and O–H groups in total. The van der Waals surface area contributed by atoms with Crippen molar-refractivity contribution in [3.05, 3.63) is 33.9 Å². The number of aliphatic hydroxyl groups excluding tert-OH is 1. The predicted octanol–water partition coefficient (Wildman–Crippen LogP) is 2.82. The molecule has 8 heteroatoms. The molecule has 0 radical (unpaired) electrons. The number of aliphatic hydroxyl groups is 1. The first-order valence-corrected chi connectivity index (χ1v) is 5.91. The molecule has 1 rings (SSSR count).